The third kappa shape index (κ3) is 2.66. The molecule has 0 spiro atoms. The van der Waals surface area contributed by atoms with Crippen LogP contribution < -0.4 is 0 Å². The van der Waals surface area contributed by atoms with E-state index in [1.165, 1.54) is 4.31 Å². The Labute approximate surface area is 124 Å². The summed E-state index contributed by atoms with van der Waals surface area (Å²) in [6, 6.07) is 8.64. The molecule has 3 rings (SSSR count). The third-order valence-corrected chi connectivity index (χ3v) is 5.98. The Kier molecular flexibility index (Phi) is 3.47. The highest BCUT2D eigenvalue weighted by molar-refractivity contribution is 7.89. The molecular weight excluding hydrogens is 288 g/mol. The van der Waals surface area contributed by atoms with Crippen molar-refractivity contribution in [3.05, 3.63) is 36.5 Å². The van der Waals surface area contributed by atoms with E-state index in [2.05, 4.69) is 4.98 Å². The van der Waals surface area contributed by atoms with E-state index >= 15 is 0 Å². The zero-order valence-electron chi connectivity index (χ0n) is 11.9. The van der Waals surface area contributed by atoms with Crippen LogP contribution in [-0.2, 0) is 10.0 Å². The summed E-state index contributed by atoms with van der Waals surface area (Å²) in [5.41, 5.74) is -0.102. The summed E-state index contributed by atoms with van der Waals surface area (Å²) < 4.78 is 27.1. The smallest absolute Gasteiger partial charge is 0.243 e. The average Bonchev–Trinajstić information content (AvgIpc) is 2.46. The third-order valence-electron chi connectivity index (χ3n) is 4.02. The largest absolute Gasteiger partial charge is 0.390 e. The number of aliphatic hydroxyl groups is 1. The quantitative estimate of drug-likeness (QED) is 0.918. The number of fused-ring (bicyclic) bond motifs is 1. The van der Waals surface area contributed by atoms with Crippen LogP contribution in [0.25, 0.3) is 10.9 Å². The van der Waals surface area contributed by atoms with Crippen LogP contribution in [0.2, 0.25) is 0 Å². The van der Waals surface area contributed by atoms with Gasteiger partial charge in [-0.05, 0) is 44.0 Å². The van der Waals surface area contributed by atoms with E-state index < -0.39 is 15.6 Å². The molecule has 1 aromatic heterocycles. The molecule has 6 heteroatoms. The van der Waals surface area contributed by atoms with Gasteiger partial charge in [0, 0.05) is 24.7 Å². The molecule has 0 amide bonds. The molecule has 0 saturated carbocycles. The molecule has 1 aliphatic rings. The monoisotopic (exact) mass is 306 g/mol. The molecule has 0 unspecified atom stereocenters. The number of aromatic nitrogens is 1. The highest BCUT2D eigenvalue weighted by Crippen LogP contribution is 2.29. The lowest BCUT2D eigenvalue weighted by Gasteiger charge is -2.35. The van der Waals surface area contributed by atoms with Crippen LogP contribution in [0.3, 0.4) is 0 Å². The van der Waals surface area contributed by atoms with Crippen LogP contribution in [0, 0.1) is 0 Å². The highest BCUT2D eigenvalue weighted by atomic mass is 32.2. The fourth-order valence-electron chi connectivity index (χ4n) is 2.65. The normalized spacial score (nSPS) is 19.7. The maximum atomic E-state index is 12.8. The molecule has 5 nitrogen and oxygen atoms in total. The summed E-state index contributed by atoms with van der Waals surface area (Å²) in [7, 11) is -3.56. The van der Waals surface area contributed by atoms with E-state index in [0.717, 1.165) is 0 Å². The molecule has 0 radical (unpaired) electrons. The lowest BCUT2D eigenvalue weighted by atomic mass is 9.95. The predicted octanol–water partition coefficient (Wildman–Crippen LogP) is 1.77. The number of rotatable bonds is 2. The molecule has 1 aliphatic heterocycles. The van der Waals surface area contributed by atoms with Crippen molar-refractivity contribution in [1.82, 2.24) is 9.29 Å². The molecule has 2 aromatic rings. The SMILES string of the molecule is CC1(O)CCN(S(=O)(=O)c2cccc3ncccc23)CC1. The Bertz CT molecular complexity index is 756. The van der Waals surface area contributed by atoms with Crippen LogP contribution in [0.1, 0.15) is 19.8 Å². The number of pyridine rings is 1. The Hall–Kier alpha value is -1.50. The molecule has 0 aliphatic carbocycles. The number of hydrogen-bond acceptors (Lipinski definition) is 4. The number of nitrogens with zero attached hydrogens (tertiary/aromatic N) is 2. The minimum Gasteiger partial charge on any atom is -0.390 e. The molecule has 0 bridgehead atoms. The van der Waals surface area contributed by atoms with Crippen molar-refractivity contribution in [3.63, 3.8) is 0 Å². The molecule has 1 fully saturated rings. The Morgan fingerprint density at radius 1 is 1.19 bits per heavy atom. The van der Waals surface area contributed by atoms with Gasteiger partial charge < -0.3 is 5.11 Å². The zero-order valence-corrected chi connectivity index (χ0v) is 12.7. The topological polar surface area (TPSA) is 70.5 Å². The highest BCUT2D eigenvalue weighted by Gasteiger charge is 2.34. The average molecular weight is 306 g/mol. The van der Waals surface area contributed by atoms with E-state index in [0.29, 0.717) is 36.8 Å². The minimum atomic E-state index is -3.56. The molecule has 0 atom stereocenters. The van der Waals surface area contributed by atoms with Gasteiger partial charge in [0.25, 0.3) is 0 Å². The first-order chi connectivity index (χ1) is 9.90. The molecular formula is C15H18N2O3S. The van der Waals surface area contributed by atoms with Gasteiger partial charge in [0.1, 0.15) is 0 Å². The maximum Gasteiger partial charge on any atom is 0.243 e. The zero-order chi connectivity index (χ0) is 15.1. The first-order valence-electron chi connectivity index (χ1n) is 6.96. The fourth-order valence-corrected chi connectivity index (χ4v) is 4.29. The van der Waals surface area contributed by atoms with E-state index in [1.54, 1.807) is 43.5 Å². The van der Waals surface area contributed by atoms with E-state index in [4.69, 9.17) is 0 Å². The Morgan fingerprint density at radius 2 is 1.90 bits per heavy atom. The van der Waals surface area contributed by atoms with Crippen LogP contribution >= 0.6 is 0 Å². The van der Waals surface area contributed by atoms with Gasteiger partial charge in [0.2, 0.25) is 10.0 Å². The van der Waals surface area contributed by atoms with Crippen molar-refractivity contribution < 1.29 is 13.5 Å². The first kappa shape index (κ1) is 14.4. The van der Waals surface area contributed by atoms with Crippen LogP contribution in [0.15, 0.2) is 41.4 Å². The van der Waals surface area contributed by atoms with Crippen LogP contribution in [0.4, 0.5) is 0 Å². The molecule has 1 saturated heterocycles. The maximum absolute atomic E-state index is 12.8. The fraction of sp³-hybridized carbons (Fsp3) is 0.400. The van der Waals surface area contributed by atoms with Gasteiger partial charge in [-0.15, -0.1) is 0 Å². The number of sulfonamides is 1. The van der Waals surface area contributed by atoms with E-state index in [1.807, 2.05) is 0 Å². The van der Waals surface area contributed by atoms with E-state index in [9.17, 15) is 13.5 Å². The molecule has 21 heavy (non-hydrogen) atoms. The Morgan fingerprint density at radius 3 is 2.62 bits per heavy atom. The van der Waals surface area contributed by atoms with Gasteiger partial charge >= 0.3 is 0 Å². The number of benzene rings is 1. The lowest BCUT2D eigenvalue weighted by molar-refractivity contribution is 0.0126. The van der Waals surface area contributed by atoms with Crippen molar-refractivity contribution >= 4 is 20.9 Å². The summed E-state index contributed by atoms with van der Waals surface area (Å²) in [6.45, 7) is 2.43. The van der Waals surface area contributed by atoms with Crippen molar-refractivity contribution in [1.29, 1.82) is 0 Å². The minimum absolute atomic E-state index is 0.287. The first-order valence-corrected chi connectivity index (χ1v) is 8.40. The standard InChI is InChI=1S/C15H18N2O3S/c1-15(18)7-10-17(11-8-15)21(19,20)14-6-2-5-13-12(14)4-3-9-16-13/h2-6,9,18H,7-8,10-11H2,1H3. The van der Waals surface area contributed by atoms with Crippen molar-refractivity contribution in [3.8, 4) is 0 Å². The van der Waals surface area contributed by atoms with Gasteiger partial charge in [0.05, 0.1) is 16.0 Å². The van der Waals surface area contributed by atoms with Gasteiger partial charge in [-0.2, -0.15) is 4.31 Å². The van der Waals surface area contributed by atoms with Crippen molar-refractivity contribution in [2.45, 2.75) is 30.3 Å². The summed E-state index contributed by atoms with van der Waals surface area (Å²) in [5, 5.41) is 10.6. The molecule has 2 heterocycles. The van der Waals surface area contributed by atoms with Gasteiger partial charge in [-0.1, -0.05) is 6.07 Å². The summed E-state index contributed by atoms with van der Waals surface area (Å²) >= 11 is 0. The summed E-state index contributed by atoms with van der Waals surface area (Å²) in [6.07, 6.45) is 2.56. The molecule has 1 aromatic carbocycles. The summed E-state index contributed by atoms with van der Waals surface area (Å²) in [5.74, 6) is 0. The summed E-state index contributed by atoms with van der Waals surface area (Å²) in [4.78, 5) is 4.49. The number of hydrogen-bond donors (Lipinski definition) is 1. The second kappa shape index (κ2) is 5.05. The second-order valence-electron chi connectivity index (χ2n) is 5.73. The van der Waals surface area contributed by atoms with Crippen LogP contribution in [-0.4, -0.2) is 41.5 Å². The van der Waals surface area contributed by atoms with Gasteiger partial charge in [-0.3, -0.25) is 4.98 Å². The second-order valence-corrected chi connectivity index (χ2v) is 7.63. The van der Waals surface area contributed by atoms with Gasteiger partial charge in [-0.25, -0.2) is 8.42 Å². The van der Waals surface area contributed by atoms with E-state index in [-0.39, 0.29) is 4.90 Å². The number of piperidine rings is 1. The van der Waals surface area contributed by atoms with Crippen molar-refractivity contribution in [2.75, 3.05) is 13.1 Å². The molecule has 112 valence electrons. The molecule has 1 N–H and O–H groups in total. The lowest BCUT2D eigenvalue weighted by Crippen LogP contribution is -2.45. The van der Waals surface area contributed by atoms with Crippen LogP contribution in [0.5, 0.6) is 0 Å². The Balaban J connectivity index is 2.02. The van der Waals surface area contributed by atoms with Crippen molar-refractivity contribution in [2.24, 2.45) is 0 Å². The van der Waals surface area contributed by atoms with Gasteiger partial charge in [0.15, 0.2) is 0 Å². The predicted molar refractivity (Wildman–Crippen MR) is 80.4 cm³/mol.